The van der Waals surface area contributed by atoms with E-state index < -0.39 is 0 Å². The second-order valence-corrected chi connectivity index (χ2v) is 4.03. The van der Waals surface area contributed by atoms with E-state index in [-0.39, 0.29) is 11.4 Å². The minimum Gasteiger partial charge on any atom is -0.383 e. The standard InChI is InChI=1S/C10H16N4O/c1-7-4-2-3-5-14(7)10-12-8(11)6-9(15)13-10/h6-7H,2-5H2,1H3,(H3,11,12,13,15)/t7-/m1/s1. The van der Waals surface area contributed by atoms with Gasteiger partial charge in [0.05, 0.1) is 0 Å². The SMILES string of the molecule is C[C@@H]1CCCCN1c1nc(N)cc(=O)[nH]1. The van der Waals surface area contributed by atoms with Gasteiger partial charge in [0.15, 0.2) is 0 Å². The van der Waals surface area contributed by atoms with Crippen molar-refractivity contribution >= 4 is 11.8 Å². The fraction of sp³-hybridized carbons (Fsp3) is 0.600. The van der Waals surface area contributed by atoms with Crippen molar-refractivity contribution in [3.05, 3.63) is 16.4 Å². The first-order chi connectivity index (χ1) is 7.16. The van der Waals surface area contributed by atoms with Crippen molar-refractivity contribution in [1.29, 1.82) is 0 Å². The Morgan fingerprint density at radius 1 is 1.60 bits per heavy atom. The number of nitrogens with two attached hydrogens (primary N) is 1. The second kappa shape index (κ2) is 3.92. The van der Waals surface area contributed by atoms with Gasteiger partial charge < -0.3 is 10.6 Å². The van der Waals surface area contributed by atoms with E-state index in [0.29, 0.717) is 12.0 Å². The molecule has 1 fully saturated rings. The van der Waals surface area contributed by atoms with Crippen LogP contribution < -0.4 is 16.2 Å². The number of piperidine rings is 1. The molecule has 1 aliphatic rings. The highest BCUT2D eigenvalue weighted by Gasteiger charge is 2.20. The lowest BCUT2D eigenvalue weighted by molar-refractivity contribution is 0.477. The van der Waals surface area contributed by atoms with Crippen LogP contribution in [0.4, 0.5) is 11.8 Å². The maximum absolute atomic E-state index is 11.3. The highest BCUT2D eigenvalue weighted by atomic mass is 16.1. The number of rotatable bonds is 1. The van der Waals surface area contributed by atoms with Crippen molar-refractivity contribution in [3.63, 3.8) is 0 Å². The highest BCUT2D eigenvalue weighted by Crippen LogP contribution is 2.20. The molecule has 0 aromatic carbocycles. The number of hydrogen-bond acceptors (Lipinski definition) is 4. The molecule has 15 heavy (non-hydrogen) atoms. The molecule has 0 aliphatic carbocycles. The van der Waals surface area contributed by atoms with Crippen molar-refractivity contribution in [2.75, 3.05) is 17.2 Å². The molecule has 1 saturated heterocycles. The van der Waals surface area contributed by atoms with Gasteiger partial charge in [0.25, 0.3) is 5.56 Å². The van der Waals surface area contributed by atoms with Crippen LogP contribution in [-0.4, -0.2) is 22.6 Å². The molecule has 2 heterocycles. The Morgan fingerprint density at radius 3 is 3.07 bits per heavy atom. The summed E-state index contributed by atoms with van der Waals surface area (Å²) in [6.45, 7) is 3.08. The van der Waals surface area contributed by atoms with Crippen molar-refractivity contribution in [3.8, 4) is 0 Å². The van der Waals surface area contributed by atoms with Crippen LogP contribution in [0.5, 0.6) is 0 Å². The largest absolute Gasteiger partial charge is 0.383 e. The van der Waals surface area contributed by atoms with Gasteiger partial charge in [-0.25, -0.2) is 0 Å². The maximum atomic E-state index is 11.3. The van der Waals surface area contributed by atoms with Crippen molar-refractivity contribution in [2.24, 2.45) is 0 Å². The van der Waals surface area contributed by atoms with Gasteiger partial charge in [0.2, 0.25) is 5.95 Å². The summed E-state index contributed by atoms with van der Waals surface area (Å²) in [5.41, 5.74) is 5.37. The van der Waals surface area contributed by atoms with Crippen LogP contribution in [-0.2, 0) is 0 Å². The lowest BCUT2D eigenvalue weighted by atomic mass is 10.0. The van der Waals surface area contributed by atoms with Crippen LogP contribution in [0.3, 0.4) is 0 Å². The first kappa shape index (κ1) is 10.0. The molecule has 0 radical (unpaired) electrons. The molecular weight excluding hydrogens is 192 g/mol. The van der Waals surface area contributed by atoms with Crippen molar-refractivity contribution in [1.82, 2.24) is 9.97 Å². The maximum Gasteiger partial charge on any atom is 0.254 e. The number of hydrogen-bond donors (Lipinski definition) is 2. The minimum absolute atomic E-state index is 0.185. The molecule has 0 amide bonds. The third kappa shape index (κ3) is 2.11. The third-order valence-electron chi connectivity index (χ3n) is 2.82. The summed E-state index contributed by atoms with van der Waals surface area (Å²) >= 11 is 0. The van der Waals surface area contributed by atoms with Crippen LogP contribution in [0, 0.1) is 0 Å². The Hall–Kier alpha value is -1.52. The molecule has 1 atom stereocenters. The Bertz CT molecular complexity index is 401. The van der Waals surface area contributed by atoms with E-state index in [2.05, 4.69) is 21.8 Å². The number of aromatic nitrogens is 2. The normalized spacial score (nSPS) is 21.7. The topological polar surface area (TPSA) is 75.0 Å². The number of nitrogens with one attached hydrogen (secondary N) is 1. The number of anilines is 2. The van der Waals surface area contributed by atoms with Crippen LogP contribution in [0.15, 0.2) is 10.9 Å². The van der Waals surface area contributed by atoms with E-state index >= 15 is 0 Å². The summed E-state index contributed by atoms with van der Waals surface area (Å²) in [6, 6.07) is 1.72. The average molecular weight is 208 g/mol. The average Bonchev–Trinajstić information content (AvgIpc) is 2.16. The molecule has 5 heteroatoms. The first-order valence-corrected chi connectivity index (χ1v) is 5.30. The molecule has 0 unspecified atom stereocenters. The van der Waals surface area contributed by atoms with Gasteiger partial charge in [-0.15, -0.1) is 0 Å². The fourth-order valence-electron chi connectivity index (χ4n) is 2.01. The quantitative estimate of drug-likeness (QED) is 0.713. The van der Waals surface area contributed by atoms with Crippen LogP contribution in [0.1, 0.15) is 26.2 Å². The summed E-state index contributed by atoms with van der Waals surface area (Å²) in [5, 5.41) is 0. The number of H-pyrrole nitrogens is 1. The fourth-order valence-corrected chi connectivity index (χ4v) is 2.01. The molecular formula is C10H16N4O. The van der Waals surface area contributed by atoms with Gasteiger partial charge in [0, 0.05) is 18.7 Å². The van der Waals surface area contributed by atoms with E-state index in [0.717, 1.165) is 19.4 Å². The van der Waals surface area contributed by atoms with Crippen LogP contribution in [0.2, 0.25) is 0 Å². The second-order valence-electron chi connectivity index (χ2n) is 4.03. The van der Waals surface area contributed by atoms with Gasteiger partial charge >= 0.3 is 0 Å². The molecule has 82 valence electrons. The number of nitrogen functional groups attached to an aromatic ring is 1. The predicted octanol–water partition coefficient (Wildman–Crippen LogP) is 0.731. The molecule has 5 nitrogen and oxygen atoms in total. The molecule has 1 aromatic rings. The monoisotopic (exact) mass is 208 g/mol. The van der Waals surface area contributed by atoms with Gasteiger partial charge in [-0.3, -0.25) is 9.78 Å². The van der Waals surface area contributed by atoms with Crippen molar-refractivity contribution in [2.45, 2.75) is 32.2 Å². The minimum atomic E-state index is -0.185. The van der Waals surface area contributed by atoms with E-state index in [1.54, 1.807) is 0 Å². The Balaban J connectivity index is 2.31. The molecule has 2 rings (SSSR count). The lowest BCUT2D eigenvalue weighted by Gasteiger charge is -2.33. The molecule has 0 bridgehead atoms. The summed E-state index contributed by atoms with van der Waals surface area (Å²) in [7, 11) is 0. The summed E-state index contributed by atoms with van der Waals surface area (Å²) in [5.74, 6) is 0.888. The van der Waals surface area contributed by atoms with Gasteiger partial charge in [0.1, 0.15) is 5.82 Å². The van der Waals surface area contributed by atoms with E-state index in [1.807, 2.05) is 0 Å². The Morgan fingerprint density at radius 2 is 2.40 bits per heavy atom. The van der Waals surface area contributed by atoms with E-state index in [9.17, 15) is 4.79 Å². The summed E-state index contributed by atoms with van der Waals surface area (Å²) < 4.78 is 0. The van der Waals surface area contributed by atoms with E-state index in [4.69, 9.17) is 5.73 Å². The first-order valence-electron chi connectivity index (χ1n) is 5.30. The van der Waals surface area contributed by atoms with Gasteiger partial charge in [-0.1, -0.05) is 0 Å². The zero-order valence-electron chi connectivity index (χ0n) is 8.86. The molecule has 3 N–H and O–H groups in total. The van der Waals surface area contributed by atoms with Gasteiger partial charge in [-0.05, 0) is 26.2 Å². The summed E-state index contributed by atoms with van der Waals surface area (Å²) in [6.07, 6.45) is 3.52. The Kier molecular flexibility index (Phi) is 2.62. The smallest absolute Gasteiger partial charge is 0.254 e. The molecule has 0 saturated carbocycles. The lowest BCUT2D eigenvalue weighted by Crippen LogP contribution is -2.39. The van der Waals surface area contributed by atoms with Crippen LogP contribution >= 0.6 is 0 Å². The zero-order valence-corrected chi connectivity index (χ0v) is 8.86. The van der Waals surface area contributed by atoms with E-state index in [1.165, 1.54) is 12.5 Å². The van der Waals surface area contributed by atoms with Crippen molar-refractivity contribution < 1.29 is 0 Å². The molecule has 1 aromatic heterocycles. The number of nitrogens with zero attached hydrogens (tertiary/aromatic N) is 2. The van der Waals surface area contributed by atoms with Crippen LogP contribution in [0.25, 0.3) is 0 Å². The third-order valence-corrected chi connectivity index (χ3v) is 2.82. The predicted molar refractivity (Wildman–Crippen MR) is 59.9 cm³/mol. The molecule has 0 spiro atoms. The Labute approximate surface area is 88.3 Å². The highest BCUT2D eigenvalue weighted by molar-refractivity contribution is 5.38. The number of aromatic amines is 1. The van der Waals surface area contributed by atoms with Gasteiger partial charge in [-0.2, -0.15) is 4.98 Å². The zero-order chi connectivity index (χ0) is 10.8. The summed E-state index contributed by atoms with van der Waals surface area (Å²) in [4.78, 5) is 20.3. The molecule has 1 aliphatic heterocycles.